The normalized spacial score (nSPS) is 14.1. The number of nitrogens with zero attached hydrogens (tertiary/aromatic N) is 1. The van der Waals surface area contributed by atoms with Gasteiger partial charge in [0.1, 0.15) is 20.8 Å². The Bertz CT molecular complexity index is 379. The highest BCUT2D eigenvalue weighted by molar-refractivity contribution is 7.69. The summed E-state index contributed by atoms with van der Waals surface area (Å²) in [6, 6.07) is 0. The van der Waals surface area contributed by atoms with Crippen LogP contribution in [0.15, 0.2) is 12.7 Å². The number of hydrogen-bond acceptors (Lipinski definition) is 4. The van der Waals surface area contributed by atoms with Crippen molar-refractivity contribution >= 4 is 19.6 Å². The summed E-state index contributed by atoms with van der Waals surface area (Å²) in [5.74, 6) is -0.494. The molecule has 2 unspecified atom stereocenters. The topological polar surface area (TPSA) is 63.6 Å². The van der Waals surface area contributed by atoms with E-state index in [2.05, 4.69) is 13.5 Å². The van der Waals surface area contributed by atoms with Gasteiger partial charge in [-0.3, -0.25) is 4.79 Å². The first-order valence-electron chi connectivity index (χ1n) is 8.32. The predicted molar refractivity (Wildman–Crippen MR) is 95.4 cm³/mol. The number of quaternary nitrogens is 1. The van der Waals surface area contributed by atoms with E-state index in [4.69, 9.17) is 4.74 Å². The van der Waals surface area contributed by atoms with Gasteiger partial charge in [-0.25, -0.2) is 4.79 Å². The van der Waals surface area contributed by atoms with E-state index >= 15 is 0 Å². The van der Waals surface area contributed by atoms with Gasteiger partial charge in [-0.1, -0.05) is 39.2 Å². The van der Waals surface area contributed by atoms with Gasteiger partial charge in [-0.2, -0.15) is 0 Å². The second kappa shape index (κ2) is 11.7. The maximum atomic E-state index is 12.1. The Morgan fingerprint density at radius 2 is 1.83 bits per heavy atom. The van der Waals surface area contributed by atoms with Gasteiger partial charge in [0.15, 0.2) is 0 Å². The molecule has 0 saturated carbocycles. The molecule has 0 aromatic rings. The molecular formula is C17H33NO4P+. The number of unbranched alkanes of at least 4 members (excludes halogenated alkanes) is 4. The number of carbonyl (C=O) groups is 2. The third-order valence-corrected chi connectivity index (χ3v) is 4.82. The van der Waals surface area contributed by atoms with Crippen molar-refractivity contribution in [2.24, 2.45) is 0 Å². The Balaban J connectivity index is 4.45. The first-order valence-corrected chi connectivity index (χ1v) is 9.80. The Morgan fingerprint density at radius 3 is 2.35 bits per heavy atom. The van der Waals surface area contributed by atoms with Crippen molar-refractivity contribution in [3.63, 3.8) is 0 Å². The van der Waals surface area contributed by atoms with E-state index < -0.39 is 20.2 Å². The van der Waals surface area contributed by atoms with E-state index in [0.717, 1.165) is 25.3 Å². The molecule has 134 valence electrons. The Hall–Kier alpha value is -0.770. The van der Waals surface area contributed by atoms with Gasteiger partial charge in [-0.05, 0) is 12.8 Å². The van der Waals surface area contributed by atoms with Crippen LogP contribution in [0.5, 0.6) is 0 Å². The lowest BCUT2D eigenvalue weighted by atomic mass is 10.1. The summed E-state index contributed by atoms with van der Waals surface area (Å²) in [7, 11) is 3.95. The molecule has 23 heavy (non-hydrogen) atoms. The van der Waals surface area contributed by atoms with Crippen LogP contribution in [0.1, 0.15) is 45.4 Å². The molecule has 0 saturated heterocycles. The highest BCUT2D eigenvalue weighted by atomic mass is 31.1. The number of hydrogen-bond donors (Lipinski definition) is 1. The van der Waals surface area contributed by atoms with Crippen LogP contribution >= 0.6 is 8.15 Å². The maximum Gasteiger partial charge on any atom is 0.330 e. The molecule has 0 aliphatic heterocycles. The van der Waals surface area contributed by atoms with E-state index in [1.165, 1.54) is 12.8 Å². The zero-order valence-corrected chi connectivity index (χ0v) is 16.0. The number of rotatable bonds is 13. The molecule has 0 heterocycles. The summed E-state index contributed by atoms with van der Waals surface area (Å²) in [4.78, 5) is 33.7. The summed E-state index contributed by atoms with van der Waals surface area (Å²) in [6.45, 7) is 5.83. The lowest BCUT2D eigenvalue weighted by molar-refractivity contribution is -0.861. The zero-order chi connectivity index (χ0) is 17.9. The minimum Gasteiger partial charge on any atom is -0.459 e. The summed E-state index contributed by atoms with van der Waals surface area (Å²) in [6.07, 6.45) is 7.16. The molecule has 1 N–H and O–H groups in total. The Labute approximate surface area is 142 Å². The monoisotopic (exact) mass is 346 g/mol. The molecule has 0 aromatic heterocycles. The molecule has 0 rings (SSSR count). The van der Waals surface area contributed by atoms with Crippen LogP contribution in [0.4, 0.5) is 0 Å². The molecule has 0 bridgehead atoms. The van der Waals surface area contributed by atoms with E-state index in [-0.39, 0.29) is 18.2 Å². The predicted octanol–water partition coefficient (Wildman–Crippen LogP) is 3.07. The molecule has 0 aromatic carbocycles. The average Bonchev–Trinajstić information content (AvgIpc) is 2.44. The SMILES string of the molecule is C=CC(=O)OC(CCCCCCC)CP(O)C(=O)C[N+](C)(C)C. The van der Waals surface area contributed by atoms with Gasteiger partial charge in [0.05, 0.1) is 21.1 Å². The van der Waals surface area contributed by atoms with Crippen LogP contribution in [0, 0.1) is 0 Å². The highest BCUT2D eigenvalue weighted by Crippen LogP contribution is 2.34. The molecule has 6 heteroatoms. The van der Waals surface area contributed by atoms with Crippen LogP contribution in [0.25, 0.3) is 0 Å². The van der Waals surface area contributed by atoms with Crippen molar-refractivity contribution in [3.8, 4) is 0 Å². The summed E-state index contributed by atoms with van der Waals surface area (Å²) in [5.41, 5.74) is -0.155. The van der Waals surface area contributed by atoms with Crippen LogP contribution in [-0.2, 0) is 14.3 Å². The molecule has 0 amide bonds. The standard InChI is InChI=1S/C17H33NO4P/c1-6-8-9-10-11-12-15(22-16(19)7-2)14-23(21)17(20)13-18(3,4)5/h7,15,21H,2,6,8-14H2,1,3-5H3/q+1. The van der Waals surface area contributed by atoms with Crippen molar-refractivity contribution in [2.45, 2.75) is 51.6 Å². The second-order valence-electron chi connectivity index (χ2n) is 6.89. The first-order chi connectivity index (χ1) is 10.7. The second-order valence-corrected chi connectivity index (χ2v) is 8.55. The first kappa shape index (κ1) is 22.2. The zero-order valence-electron chi connectivity index (χ0n) is 15.1. The number of esters is 1. The largest absolute Gasteiger partial charge is 0.459 e. The lowest BCUT2D eigenvalue weighted by Crippen LogP contribution is -2.39. The molecule has 0 fully saturated rings. The number of ether oxygens (including phenoxy) is 1. The summed E-state index contributed by atoms with van der Waals surface area (Å²) in [5, 5.41) is 0. The fourth-order valence-corrected chi connectivity index (χ4v) is 3.59. The Kier molecular flexibility index (Phi) is 11.3. The molecule has 0 aliphatic carbocycles. The Morgan fingerprint density at radius 1 is 1.22 bits per heavy atom. The van der Waals surface area contributed by atoms with Crippen LogP contribution < -0.4 is 0 Å². The van der Waals surface area contributed by atoms with Gasteiger partial charge >= 0.3 is 5.97 Å². The summed E-state index contributed by atoms with van der Waals surface area (Å²) < 4.78 is 5.78. The van der Waals surface area contributed by atoms with Gasteiger partial charge in [-0.15, -0.1) is 0 Å². The van der Waals surface area contributed by atoms with Crippen molar-refractivity contribution in [1.29, 1.82) is 0 Å². The fraction of sp³-hybridized carbons (Fsp3) is 0.765. The minimum absolute atomic E-state index is 0.155. The van der Waals surface area contributed by atoms with Crippen LogP contribution in [-0.4, -0.2) is 60.8 Å². The van der Waals surface area contributed by atoms with Crippen molar-refractivity contribution in [3.05, 3.63) is 12.7 Å². The van der Waals surface area contributed by atoms with Gasteiger partial charge in [0.2, 0.25) is 5.52 Å². The van der Waals surface area contributed by atoms with E-state index in [0.29, 0.717) is 10.9 Å². The molecular weight excluding hydrogens is 313 g/mol. The van der Waals surface area contributed by atoms with Crippen LogP contribution in [0.3, 0.4) is 0 Å². The van der Waals surface area contributed by atoms with Gasteiger partial charge < -0.3 is 14.1 Å². The smallest absolute Gasteiger partial charge is 0.330 e. The quantitative estimate of drug-likeness (QED) is 0.183. The van der Waals surface area contributed by atoms with E-state index in [1.54, 1.807) is 0 Å². The highest BCUT2D eigenvalue weighted by Gasteiger charge is 2.26. The van der Waals surface area contributed by atoms with Crippen LogP contribution in [0.2, 0.25) is 0 Å². The van der Waals surface area contributed by atoms with Crippen molar-refractivity contribution < 1.29 is 23.7 Å². The molecule has 0 aliphatic rings. The van der Waals surface area contributed by atoms with E-state index in [9.17, 15) is 14.5 Å². The minimum atomic E-state index is -1.77. The molecule has 0 spiro atoms. The number of likely N-dealkylation sites (N-methyl/N-ethyl adjacent to an activating group) is 1. The van der Waals surface area contributed by atoms with Gasteiger partial charge in [0, 0.05) is 12.2 Å². The van der Waals surface area contributed by atoms with Crippen molar-refractivity contribution in [1.82, 2.24) is 0 Å². The fourth-order valence-electron chi connectivity index (χ4n) is 2.16. The van der Waals surface area contributed by atoms with Gasteiger partial charge in [0.25, 0.3) is 0 Å². The van der Waals surface area contributed by atoms with E-state index in [1.807, 2.05) is 21.1 Å². The third-order valence-electron chi connectivity index (χ3n) is 3.35. The third kappa shape index (κ3) is 12.3. The molecule has 0 radical (unpaired) electrons. The molecule has 2 atom stereocenters. The maximum absolute atomic E-state index is 12.1. The number of carbonyl (C=O) groups excluding carboxylic acids is 2. The average molecular weight is 346 g/mol. The van der Waals surface area contributed by atoms with Crippen molar-refractivity contribution in [2.75, 3.05) is 33.8 Å². The summed E-state index contributed by atoms with van der Waals surface area (Å²) >= 11 is 0. The molecule has 5 nitrogen and oxygen atoms in total. The lowest BCUT2D eigenvalue weighted by Gasteiger charge is -2.25.